The molecular weight excluding hydrogens is 545 g/mol. The van der Waals surface area contributed by atoms with Crippen LogP contribution in [-0.2, 0) is 26.2 Å². The molecule has 0 spiro atoms. The SMILES string of the molecule is CC[C@@H](C(=O)NC1CCCC1)N(Cc1ccccc1)C(=O)CN(c1cc(Cl)c(Cl)cc1Cl)S(C)(=O)=O. The summed E-state index contributed by atoms with van der Waals surface area (Å²) in [7, 11) is -3.94. The van der Waals surface area contributed by atoms with Gasteiger partial charge in [-0.25, -0.2) is 8.42 Å². The lowest BCUT2D eigenvalue weighted by Gasteiger charge is -2.33. The molecule has 0 heterocycles. The van der Waals surface area contributed by atoms with E-state index >= 15 is 0 Å². The van der Waals surface area contributed by atoms with Crippen LogP contribution in [0.5, 0.6) is 0 Å². The molecule has 0 aliphatic heterocycles. The maximum absolute atomic E-state index is 13.7. The van der Waals surface area contributed by atoms with Crippen LogP contribution >= 0.6 is 34.8 Å². The average Bonchev–Trinajstić information content (AvgIpc) is 3.33. The maximum Gasteiger partial charge on any atom is 0.244 e. The van der Waals surface area contributed by atoms with Gasteiger partial charge in [-0.1, -0.05) is 84.9 Å². The summed E-state index contributed by atoms with van der Waals surface area (Å²) in [6, 6.07) is 11.2. The molecule has 1 aliphatic carbocycles. The van der Waals surface area contributed by atoms with Crippen molar-refractivity contribution in [2.45, 2.75) is 57.7 Å². The topological polar surface area (TPSA) is 86.8 Å². The van der Waals surface area contributed by atoms with E-state index in [2.05, 4.69) is 5.32 Å². The molecule has 1 saturated carbocycles. The fraction of sp³-hybridized carbons (Fsp3) is 0.440. The summed E-state index contributed by atoms with van der Waals surface area (Å²) < 4.78 is 26.4. The quantitative estimate of drug-likeness (QED) is 0.391. The molecule has 11 heteroatoms. The third-order valence-electron chi connectivity index (χ3n) is 6.22. The van der Waals surface area contributed by atoms with Crippen molar-refractivity contribution in [1.82, 2.24) is 10.2 Å². The van der Waals surface area contributed by atoms with E-state index in [9.17, 15) is 18.0 Å². The van der Waals surface area contributed by atoms with Gasteiger partial charge < -0.3 is 10.2 Å². The van der Waals surface area contributed by atoms with Crippen molar-refractivity contribution >= 4 is 62.3 Å². The number of carbonyl (C=O) groups is 2. The Hall–Kier alpha value is -2.00. The minimum Gasteiger partial charge on any atom is -0.352 e. The fourth-order valence-electron chi connectivity index (χ4n) is 4.37. The Kier molecular flexibility index (Phi) is 9.92. The first-order valence-corrected chi connectivity index (χ1v) is 14.8. The van der Waals surface area contributed by atoms with E-state index < -0.39 is 28.5 Å². The number of sulfonamides is 1. The Morgan fingerprint density at radius 3 is 2.22 bits per heavy atom. The van der Waals surface area contributed by atoms with Crippen LogP contribution < -0.4 is 9.62 Å². The van der Waals surface area contributed by atoms with Gasteiger partial charge in [-0.05, 0) is 37.0 Å². The number of rotatable bonds is 10. The van der Waals surface area contributed by atoms with E-state index in [-0.39, 0.29) is 39.2 Å². The van der Waals surface area contributed by atoms with Gasteiger partial charge in [0.05, 0.1) is 27.0 Å². The normalized spacial score (nSPS) is 14.9. The summed E-state index contributed by atoms with van der Waals surface area (Å²) in [5.74, 6) is -0.785. The predicted molar refractivity (Wildman–Crippen MR) is 145 cm³/mol. The van der Waals surface area contributed by atoms with E-state index in [1.165, 1.54) is 17.0 Å². The monoisotopic (exact) mass is 573 g/mol. The van der Waals surface area contributed by atoms with Crippen molar-refractivity contribution < 1.29 is 18.0 Å². The first kappa shape index (κ1) is 28.6. The zero-order valence-electron chi connectivity index (χ0n) is 20.2. The van der Waals surface area contributed by atoms with Crippen molar-refractivity contribution in [3.63, 3.8) is 0 Å². The molecule has 1 atom stereocenters. The second kappa shape index (κ2) is 12.5. The highest BCUT2D eigenvalue weighted by Crippen LogP contribution is 2.35. The summed E-state index contributed by atoms with van der Waals surface area (Å²) in [5, 5.41) is 3.36. The Bertz CT molecular complexity index is 1190. The van der Waals surface area contributed by atoms with Gasteiger partial charge in [0.2, 0.25) is 21.8 Å². The van der Waals surface area contributed by atoms with Gasteiger partial charge in [-0.15, -0.1) is 0 Å². The van der Waals surface area contributed by atoms with Gasteiger partial charge in [0.15, 0.2) is 0 Å². The number of nitrogens with one attached hydrogen (secondary N) is 1. The van der Waals surface area contributed by atoms with Gasteiger partial charge in [-0.3, -0.25) is 13.9 Å². The van der Waals surface area contributed by atoms with Gasteiger partial charge in [0, 0.05) is 12.6 Å². The zero-order valence-corrected chi connectivity index (χ0v) is 23.3. The summed E-state index contributed by atoms with van der Waals surface area (Å²) >= 11 is 18.4. The Labute approximate surface area is 227 Å². The molecule has 1 N–H and O–H groups in total. The number of anilines is 1. The molecule has 36 heavy (non-hydrogen) atoms. The van der Waals surface area contributed by atoms with Crippen molar-refractivity contribution in [2.75, 3.05) is 17.1 Å². The number of benzene rings is 2. The third kappa shape index (κ3) is 7.28. The molecule has 0 unspecified atom stereocenters. The van der Waals surface area contributed by atoms with Crippen LogP contribution in [0.2, 0.25) is 15.1 Å². The van der Waals surface area contributed by atoms with E-state index in [1.807, 2.05) is 37.3 Å². The van der Waals surface area contributed by atoms with Crippen molar-refractivity contribution in [1.29, 1.82) is 0 Å². The van der Waals surface area contributed by atoms with Crippen LogP contribution in [0.4, 0.5) is 5.69 Å². The smallest absolute Gasteiger partial charge is 0.244 e. The van der Waals surface area contributed by atoms with Crippen LogP contribution in [0.25, 0.3) is 0 Å². The number of amides is 2. The predicted octanol–water partition coefficient (Wildman–Crippen LogP) is 5.28. The van der Waals surface area contributed by atoms with Crippen molar-refractivity contribution in [3.05, 3.63) is 63.1 Å². The Balaban J connectivity index is 1.95. The Morgan fingerprint density at radius 1 is 1.03 bits per heavy atom. The number of hydrogen-bond acceptors (Lipinski definition) is 4. The highest BCUT2D eigenvalue weighted by atomic mass is 35.5. The van der Waals surface area contributed by atoms with Crippen LogP contribution in [-0.4, -0.2) is 50.0 Å². The number of nitrogens with zero attached hydrogens (tertiary/aromatic N) is 2. The molecule has 3 rings (SSSR count). The highest BCUT2D eigenvalue weighted by molar-refractivity contribution is 7.92. The van der Waals surface area contributed by atoms with E-state index in [0.717, 1.165) is 41.8 Å². The standard InChI is InChI=1S/C25H30Cl3N3O4S/c1-3-22(25(33)29-18-11-7-8-12-18)30(15-17-9-5-4-6-10-17)24(32)16-31(36(2,34)35)23-14-20(27)19(26)13-21(23)28/h4-6,9-10,13-14,18,22H,3,7-8,11-12,15-16H2,1-2H3,(H,29,33)/t22-/m0/s1. The zero-order chi connectivity index (χ0) is 26.5. The largest absolute Gasteiger partial charge is 0.352 e. The highest BCUT2D eigenvalue weighted by Gasteiger charge is 2.33. The summed E-state index contributed by atoms with van der Waals surface area (Å²) in [6.45, 7) is 1.41. The first-order chi connectivity index (χ1) is 17.0. The molecule has 2 aromatic rings. The summed E-state index contributed by atoms with van der Waals surface area (Å²) in [5.41, 5.74) is 0.849. The van der Waals surface area contributed by atoms with Gasteiger partial charge in [0.25, 0.3) is 0 Å². The molecule has 0 saturated heterocycles. The minimum absolute atomic E-state index is 0.0308. The Morgan fingerprint density at radius 2 is 1.64 bits per heavy atom. The van der Waals surface area contributed by atoms with E-state index in [0.29, 0.717) is 6.42 Å². The number of halogens is 3. The molecule has 7 nitrogen and oxygen atoms in total. The minimum atomic E-state index is -3.94. The van der Waals surface area contributed by atoms with Gasteiger partial charge >= 0.3 is 0 Å². The van der Waals surface area contributed by atoms with Crippen LogP contribution in [0.3, 0.4) is 0 Å². The maximum atomic E-state index is 13.7. The molecule has 196 valence electrons. The second-order valence-corrected chi connectivity index (χ2v) is 12.0. The van der Waals surface area contributed by atoms with Crippen LogP contribution in [0, 0.1) is 0 Å². The van der Waals surface area contributed by atoms with Gasteiger partial charge in [-0.2, -0.15) is 0 Å². The summed E-state index contributed by atoms with van der Waals surface area (Å²) in [6.07, 6.45) is 5.28. The lowest BCUT2D eigenvalue weighted by molar-refractivity contribution is -0.140. The molecule has 0 radical (unpaired) electrons. The molecular formula is C25H30Cl3N3O4S. The lowest BCUT2D eigenvalue weighted by atomic mass is 10.1. The fourth-order valence-corrected chi connectivity index (χ4v) is 5.91. The molecule has 1 fully saturated rings. The molecule has 2 aromatic carbocycles. The van der Waals surface area contributed by atoms with E-state index in [4.69, 9.17) is 34.8 Å². The number of carbonyl (C=O) groups excluding carboxylic acids is 2. The van der Waals surface area contributed by atoms with Crippen molar-refractivity contribution in [3.8, 4) is 0 Å². The first-order valence-electron chi connectivity index (χ1n) is 11.8. The molecule has 1 aliphatic rings. The van der Waals surface area contributed by atoms with Crippen LogP contribution in [0.15, 0.2) is 42.5 Å². The molecule has 0 aromatic heterocycles. The second-order valence-electron chi connectivity index (χ2n) is 8.91. The summed E-state index contributed by atoms with van der Waals surface area (Å²) in [4.78, 5) is 28.4. The molecule has 2 amide bonds. The van der Waals surface area contributed by atoms with E-state index in [1.54, 1.807) is 0 Å². The lowest BCUT2D eigenvalue weighted by Crippen LogP contribution is -2.53. The van der Waals surface area contributed by atoms with Gasteiger partial charge in [0.1, 0.15) is 12.6 Å². The molecule has 0 bridgehead atoms. The average molecular weight is 575 g/mol. The van der Waals surface area contributed by atoms with Crippen molar-refractivity contribution in [2.24, 2.45) is 0 Å². The third-order valence-corrected chi connectivity index (χ3v) is 8.37. The van der Waals surface area contributed by atoms with Crippen LogP contribution in [0.1, 0.15) is 44.6 Å². The number of hydrogen-bond donors (Lipinski definition) is 1.